The molecule has 2 aliphatic rings. The Kier molecular flexibility index (Phi) is 2.41. The minimum absolute atomic E-state index is 0.187. The molecular weight excluding hydrogens is 164 g/mol. The first-order valence-electron chi connectivity index (χ1n) is 5.41. The first kappa shape index (κ1) is 9.20. The number of fused-ring (bicyclic) bond motifs is 1. The number of carbonyl (C=O) groups excluding carboxylic acids is 1. The van der Waals surface area contributed by atoms with Gasteiger partial charge in [0.25, 0.3) is 0 Å². The number of hydrogen-bond acceptors (Lipinski definition) is 2. The Labute approximate surface area is 79.3 Å². The van der Waals surface area contributed by atoms with Crippen LogP contribution in [0.4, 0.5) is 0 Å². The van der Waals surface area contributed by atoms with Gasteiger partial charge in [-0.15, -0.1) is 0 Å². The molecule has 0 aliphatic heterocycles. The summed E-state index contributed by atoms with van der Waals surface area (Å²) in [4.78, 5) is 11.6. The van der Waals surface area contributed by atoms with Gasteiger partial charge < -0.3 is 5.11 Å². The molecule has 0 radical (unpaired) electrons. The van der Waals surface area contributed by atoms with Crippen molar-refractivity contribution in [1.29, 1.82) is 0 Å². The fourth-order valence-electron chi connectivity index (χ4n) is 3.10. The van der Waals surface area contributed by atoms with Gasteiger partial charge in [-0.3, -0.25) is 4.79 Å². The van der Waals surface area contributed by atoms with Gasteiger partial charge in [-0.25, -0.2) is 0 Å². The van der Waals surface area contributed by atoms with Crippen molar-refractivity contribution in [3.63, 3.8) is 0 Å². The Morgan fingerprint density at radius 2 is 2.08 bits per heavy atom. The van der Waals surface area contributed by atoms with E-state index in [2.05, 4.69) is 6.92 Å². The minimum atomic E-state index is -0.210. The summed E-state index contributed by atoms with van der Waals surface area (Å²) >= 11 is 0. The van der Waals surface area contributed by atoms with Crippen molar-refractivity contribution in [2.75, 3.05) is 0 Å². The molecule has 2 saturated carbocycles. The van der Waals surface area contributed by atoms with E-state index in [0.717, 1.165) is 32.1 Å². The topological polar surface area (TPSA) is 37.3 Å². The maximum atomic E-state index is 11.6. The highest BCUT2D eigenvalue weighted by Crippen LogP contribution is 2.41. The molecule has 1 N–H and O–H groups in total. The van der Waals surface area contributed by atoms with Gasteiger partial charge in [0, 0.05) is 12.3 Å². The van der Waals surface area contributed by atoms with E-state index in [0.29, 0.717) is 11.7 Å². The molecule has 0 heterocycles. The maximum absolute atomic E-state index is 11.6. The summed E-state index contributed by atoms with van der Waals surface area (Å²) in [5.74, 6) is 1.40. The highest BCUT2D eigenvalue weighted by atomic mass is 16.3. The van der Waals surface area contributed by atoms with Crippen LogP contribution in [0.5, 0.6) is 0 Å². The average molecular weight is 182 g/mol. The molecule has 2 fully saturated rings. The SMILES string of the molecule is C[C@H]1CCC(=O)C2CCCC(O)C21. The van der Waals surface area contributed by atoms with E-state index in [-0.39, 0.29) is 17.9 Å². The number of Topliss-reactive ketones (excluding diaryl/α,β-unsaturated/α-hetero) is 1. The second-order valence-corrected chi connectivity index (χ2v) is 4.66. The molecular formula is C11H18O2. The van der Waals surface area contributed by atoms with Crippen LogP contribution in [0.3, 0.4) is 0 Å². The Morgan fingerprint density at radius 3 is 2.77 bits per heavy atom. The molecule has 0 spiro atoms. The van der Waals surface area contributed by atoms with E-state index in [9.17, 15) is 9.90 Å². The van der Waals surface area contributed by atoms with E-state index < -0.39 is 0 Å². The van der Waals surface area contributed by atoms with Crippen LogP contribution in [0.2, 0.25) is 0 Å². The smallest absolute Gasteiger partial charge is 0.136 e. The molecule has 2 rings (SSSR count). The predicted octanol–water partition coefficient (Wildman–Crippen LogP) is 1.76. The quantitative estimate of drug-likeness (QED) is 0.620. The predicted molar refractivity (Wildman–Crippen MR) is 50.2 cm³/mol. The summed E-state index contributed by atoms with van der Waals surface area (Å²) < 4.78 is 0. The molecule has 2 aliphatic carbocycles. The van der Waals surface area contributed by atoms with Crippen LogP contribution in [0.25, 0.3) is 0 Å². The first-order valence-corrected chi connectivity index (χ1v) is 5.41. The van der Waals surface area contributed by atoms with Gasteiger partial charge in [0.15, 0.2) is 0 Å². The van der Waals surface area contributed by atoms with Crippen LogP contribution in [0.15, 0.2) is 0 Å². The molecule has 0 saturated heterocycles. The number of aliphatic hydroxyl groups excluding tert-OH is 1. The Hall–Kier alpha value is -0.370. The van der Waals surface area contributed by atoms with Crippen LogP contribution in [0, 0.1) is 17.8 Å². The van der Waals surface area contributed by atoms with Crippen LogP contribution < -0.4 is 0 Å². The van der Waals surface area contributed by atoms with Gasteiger partial charge in [0.1, 0.15) is 5.78 Å². The molecule has 3 unspecified atom stereocenters. The fourth-order valence-corrected chi connectivity index (χ4v) is 3.10. The monoisotopic (exact) mass is 182 g/mol. The van der Waals surface area contributed by atoms with Crippen molar-refractivity contribution >= 4 is 5.78 Å². The third kappa shape index (κ3) is 1.52. The summed E-state index contributed by atoms with van der Waals surface area (Å²) in [6.45, 7) is 2.18. The molecule has 0 aromatic rings. The highest BCUT2D eigenvalue weighted by Gasteiger charge is 2.42. The van der Waals surface area contributed by atoms with Crippen LogP contribution >= 0.6 is 0 Å². The molecule has 0 aromatic heterocycles. The number of hydrogen-bond donors (Lipinski definition) is 1. The van der Waals surface area contributed by atoms with E-state index >= 15 is 0 Å². The average Bonchev–Trinajstić information content (AvgIpc) is 2.12. The minimum Gasteiger partial charge on any atom is -0.393 e. The standard InChI is InChI=1S/C11H18O2/c1-7-5-6-9(12)8-3-2-4-10(13)11(7)8/h7-8,10-11,13H,2-6H2,1H3/t7-,8?,10?,11?/m0/s1. The van der Waals surface area contributed by atoms with Crippen molar-refractivity contribution in [2.24, 2.45) is 17.8 Å². The van der Waals surface area contributed by atoms with Gasteiger partial charge in [0.2, 0.25) is 0 Å². The van der Waals surface area contributed by atoms with Crippen LogP contribution in [-0.2, 0) is 4.79 Å². The molecule has 0 aromatic carbocycles. The lowest BCUT2D eigenvalue weighted by atomic mass is 9.64. The number of carbonyl (C=O) groups is 1. The van der Waals surface area contributed by atoms with E-state index in [1.165, 1.54) is 0 Å². The zero-order valence-electron chi connectivity index (χ0n) is 8.20. The number of aliphatic hydroxyl groups is 1. The van der Waals surface area contributed by atoms with Crippen molar-refractivity contribution in [3.8, 4) is 0 Å². The molecule has 13 heavy (non-hydrogen) atoms. The molecule has 0 amide bonds. The lowest BCUT2D eigenvalue weighted by Crippen LogP contribution is -2.43. The summed E-state index contributed by atoms with van der Waals surface area (Å²) in [5, 5.41) is 9.84. The second kappa shape index (κ2) is 3.41. The third-order valence-corrected chi connectivity index (χ3v) is 3.84. The lowest BCUT2D eigenvalue weighted by Gasteiger charge is -2.41. The third-order valence-electron chi connectivity index (χ3n) is 3.84. The summed E-state index contributed by atoms with van der Waals surface area (Å²) in [6, 6.07) is 0. The van der Waals surface area contributed by atoms with Crippen LogP contribution in [-0.4, -0.2) is 17.0 Å². The lowest BCUT2D eigenvalue weighted by molar-refractivity contribution is -0.134. The zero-order valence-corrected chi connectivity index (χ0v) is 8.20. The largest absolute Gasteiger partial charge is 0.393 e. The van der Waals surface area contributed by atoms with E-state index in [4.69, 9.17) is 0 Å². The number of ketones is 1. The van der Waals surface area contributed by atoms with Crippen molar-refractivity contribution in [3.05, 3.63) is 0 Å². The van der Waals surface area contributed by atoms with Gasteiger partial charge in [-0.05, 0) is 31.1 Å². The maximum Gasteiger partial charge on any atom is 0.136 e. The fraction of sp³-hybridized carbons (Fsp3) is 0.909. The van der Waals surface area contributed by atoms with Crippen molar-refractivity contribution in [1.82, 2.24) is 0 Å². The Morgan fingerprint density at radius 1 is 1.31 bits per heavy atom. The molecule has 74 valence electrons. The highest BCUT2D eigenvalue weighted by molar-refractivity contribution is 5.82. The molecule has 0 bridgehead atoms. The first-order chi connectivity index (χ1) is 6.20. The zero-order chi connectivity index (χ0) is 9.42. The van der Waals surface area contributed by atoms with Gasteiger partial charge in [-0.1, -0.05) is 13.3 Å². The van der Waals surface area contributed by atoms with Crippen LogP contribution in [0.1, 0.15) is 39.0 Å². The number of rotatable bonds is 0. The molecule has 2 nitrogen and oxygen atoms in total. The van der Waals surface area contributed by atoms with Crippen molar-refractivity contribution in [2.45, 2.75) is 45.1 Å². The summed E-state index contributed by atoms with van der Waals surface area (Å²) in [7, 11) is 0. The normalized spacial score (nSPS) is 45.8. The van der Waals surface area contributed by atoms with Gasteiger partial charge in [0.05, 0.1) is 6.10 Å². The second-order valence-electron chi connectivity index (χ2n) is 4.66. The van der Waals surface area contributed by atoms with Crippen molar-refractivity contribution < 1.29 is 9.90 Å². The molecule has 4 atom stereocenters. The Bertz CT molecular complexity index is 208. The summed E-state index contributed by atoms with van der Waals surface area (Å²) in [6.07, 6.45) is 4.47. The van der Waals surface area contributed by atoms with Gasteiger partial charge >= 0.3 is 0 Å². The summed E-state index contributed by atoms with van der Waals surface area (Å²) in [5.41, 5.74) is 0. The van der Waals surface area contributed by atoms with E-state index in [1.54, 1.807) is 0 Å². The molecule has 2 heteroatoms. The van der Waals surface area contributed by atoms with Gasteiger partial charge in [-0.2, -0.15) is 0 Å². The van der Waals surface area contributed by atoms with E-state index in [1.807, 2.05) is 0 Å². The Balaban J connectivity index is 2.17.